The van der Waals surface area contributed by atoms with Crippen LogP contribution in [0, 0.1) is 5.82 Å². The molecule has 1 aromatic heterocycles. The van der Waals surface area contributed by atoms with Crippen LogP contribution in [0.1, 0.15) is 18.5 Å². The quantitative estimate of drug-likeness (QED) is 0.842. The number of benzene rings is 1. The molecule has 0 saturated carbocycles. The lowest BCUT2D eigenvalue weighted by Gasteiger charge is -2.09. The molecule has 0 amide bonds. The summed E-state index contributed by atoms with van der Waals surface area (Å²) in [5, 5.41) is 0.598. The van der Waals surface area contributed by atoms with E-state index in [9.17, 15) is 9.18 Å². The lowest BCUT2D eigenvalue weighted by Crippen LogP contribution is -2.23. The van der Waals surface area contributed by atoms with Crippen LogP contribution in [-0.4, -0.2) is 17.6 Å². The highest BCUT2D eigenvalue weighted by Crippen LogP contribution is 2.28. The molecule has 2 aromatic rings. The molecule has 18 heavy (non-hydrogen) atoms. The van der Waals surface area contributed by atoms with Gasteiger partial charge < -0.3 is 15.5 Å². The van der Waals surface area contributed by atoms with Crippen molar-refractivity contribution in [2.24, 2.45) is 5.73 Å². The third-order valence-corrected chi connectivity index (χ3v) is 2.92. The van der Waals surface area contributed by atoms with Crippen LogP contribution in [0.2, 0.25) is 5.02 Å². The average molecular weight is 271 g/mol. The molecule has 0 aliphatic heterocycles. The van der Waals surface area contributed by atoms with E-state index < -0.39 is 17.8 Å². The molecule has 4 nitrogen and oxygen atoms in total. The molecule has 0 aliphatic rings. The minimum absolute atomic E-state index is 0.0144. The van der Waals surface area contributed by atoms with Gasteiger partial charge >= 0.3 is 5.97 Å². The highest BCUT2D eigenvalue weighted by molar-refractivity contribution is 6.31. The normalized spacial score (nSPS) is 12.7. The number of carbonyl (C=O) groups excluding carboxylic acids is 1. The Morgan fingerprint density at radius 1 is 1.61 bits per heavy atom. The summed E-state index contributed by atoms with van der Waals surface area (Å²) in [7, 11) is 0. The van der Waals surface area contributed by atoms with E-state index in [0.29, 0.717) is 16.5 Å². The third-order valence-electron chi connectivity index (χ3n) is 2.63. The van der Waals surface area contributed by atoms with Gasteiger partial charge in [-0.3, -0.25) is 0 Å². The smallest absolute Gasteiger partial charge is 0.327 e. The fourth-order valence-corrected chi connectivity index (χ4v) is 1.92. The summed E-state index contributed by atoms with van der Waals surface area (Å²) >= 11 is 5.72. The molecule has 0 radical (unpaired) electrons. The second-order valence-corrected chi connectivity index (χ2v) is 4.19. The zero-order chi connectivity index (χ0) is 13.3. The van der Waals surface area contributed by atoms with Crippen molar-refractivity contribution in [1.82, 2.24) is 4.98 Å². The van der Waals surface area contributed by atoms with E-state index >= 15 is 0 Å². The fraction of sp³-hybridized carbons (Fsp3) is 0.250. The van der Waals surface area contributed by atoms with Gasteiger partial charge in [-0.2, -0.15) is 0 Å². The average Bonchev–Trinajstić information content (AvgIpc) is 2.72. The van der Waals surface area contributed by atoms with Gasteiger partial charge in [0.2, 0.25) is 0 Å². The first kappa shape index (κ1) is 12.9. The molecule has 2 rings (SSSR count). The molecule has 1 unspecified atom stereocenters. The van der Waals surface area contributed by atoms with Crippen LogP contribution in [0.4, 0.5) is 4.39 Å². The Hall–Kier alpha value is -1.59. The molecule has 6 heteroatoms. The van der Waals surface area contributed by atoms with Gasteiger partial charge in [-0.15, -0.1) is 0 Å². The van der Waals surface area contributed by atoms with Crippen LogP contribution in [0.5, 0.6) is 0 Å². The minimum atomic E-state index is -0.916. The summed E-state index contributed by atoms with van der Waals surface area (Å²) < 4.78 is 18.1. The lowest BCUT2D eigenvalue weighted by atomic mass is 10.1. The van der Waals surface area contributed by atoms with Gasteiger partial charge in [-0.05, 0) is 19.1 Å². The molecule has 1 heterocycles. The number of aromatic nitrogens is 1. The van der Waals surface area contributed by atoms with Crippen LogP contribution in [-0.2, 0) is 9.53 Å². The van der Waals surface area contributed by atoms with Crippen molar-refractivity contribution in [1.29, 1.82) is 0 Å². The highest BCUT2D eigenvalue weighted by atomic mass is 35.5. The number of aromatic amines is 1. The van der Waals surface area contributed by atoms with Gasteiger partial charge in [0.05, 0.1) is 11.6 Å². The number of halogens is 2. The van der Waals surface area contributed by atoms with Crippen LogP contribution >= 0.6 is 11.6 Å². The minimum Gasteiger partial charge on any atom is -0.465 e. The van der Waals surface area contributed by atoms with Crippen molar-refractivity contribution in [3.63, 3.8) is 0 Å². The molecule has 96 valence electrons. The number of ether oxygens (including phenoxy) is 1. The molecule has 1 aromatic carbocycles. The molecule has 3 N–H and O–H groups in total. The van der Waals surface area contributed by atoms with Gasteiger partial charge in [0.25, 0.3) is 0 Å². The second kappa shape index (κ2) is 4.96. The van der Waals surface area contributed by atoms with Crippen LogP contribution < -0.4 is 5.73 Å². The maximum atomic E-state index is 13.3. The number of rotatable bonds is 3. The Bertz CT molecular complexity index is 597. The maximum Gasteiger partial charge on any atom is 0.327 e. The van der Waals surface area contributed by atoms with E-state index in [1.165, 1.54) is 12.1 Å². The van der Waals surface area contributed by atoms with Crippen molar-refractivity contribution < 1.29 is 13.9 Å². The van der Waals surface area contributed by atoms with Gasteiger partial charge in [-0.25, -0.2) is 9.18 Å². The largest absolute Gasteiger partial charge is 0.465 e. The van der Waals surface area contributed by atoms with Crippen molar-refractivity contribution in [3.05, 3.63) is 34.7 Å². The molecule has 1 atom stereocenters. The van der Waals surface area contributed by atoms with E-state index in [1.54, 1.807) is 13.1 Å². The van der Waals surface area contributed by atoms with Gasteiger partial charge in [0.15, 0.2) is 0 Å². The Balaban J connectivity index is 2.46. The number of nitrogens with one attached hydrogen (secondary N) is 1. The van der Waals surface area contributed by atoms with Gasteiger partial charge in [0.1, 0.15) is 11.9 Å². The molecule has 0 bridgehead atoms. The molecular weight excluding hydrogens is 259 g/mol. The zero-order valence-electron chi connectivity index (χ0n) is 9.67. The van der Waals surface area contributed by atoms with E-state index in [4.69, 9.17) is 22.1 Å². The predicted octanol–water partition coefficient (Wildman–Crippen LogP) is 2.52. The van der Waals surface area contributed by atoms with Crippen LogP contribution in [0.25, 0.3) is 10.9 Å². The maximum absolute atomic E-state index is 13.3. The van der Waals surface area contributed by atoms with Gasteiger partial charge in [-0.1, -0.05) is 11.6 Å². The Morgan fingerprint density at radius 3 is 3.00 bits per heavy atom. The SMILES string of the molecule is CCOC(=O)C(N)c1c[nH]c2cc(F)c(Cl)cc12. The Morgan fingerprint density at radius 2 is 2.33 bits per heavy atom. The van der Waals surface area contributed by atoms with Crippen LogP contribution in [0.3, 0.4) is 0 Å². The van der Waals surface area contributed by atoms with E-state index in [-0.39, 0.29) is 11.6 Å². The summed E-state index contributed by atoms with van der Waals surface area (Å²) in [5.74, 6) is -1.05. The Kier molecular flexibility index (Phi) is 3.54. The summed E-state index contributed by atoms with van der Waals surface area (Å²) in [5.41, 5.74) is 6.86. The number of esters is 1. The number of fused-ring (bicyclic) bond motifs is 1. The highest BCUT2D eigenvalue weighted by Gasteiger charge is 2.21. The van der Waals surface area contributed by atoms with Crippen LogP contribution in [0.15, 0.2) is 18.3 Å². The van der Waals surface area contributed by atoms with Crippen molar-refractivity contribution in [2.45, 2.75) is 13.0 Å². The summed E-state index contributed by atoms with van der Waals surface area (Å²) in [6.07, 6.45) is 1.56. The molecular formula is C12H12ClFN2O2. The Labute approximate surface area is 108 Å². The first-order chi connectivity index (χ1) is 8.54. The molecule has 0 spiro atoms. The zero-order valence-corrected chi connectivity index (χ0v) is 10.4. The number of hydrogen-bond acceptors (Lipinski definition) is 3. The molecule has 0 aliphatic carbocycles. The summed E-state index contributed by atoms with van der Waals surface area (Å²) in [6, 6.07) is 1.79. The number of hydrogen-bond donors (Lipinski definition) is 2. The summed E-state index contributed by atoms with van der Waals surface area (Å²) in [6.45, 7) is 1.95. The fourth-order valence-electron chi connectivity index (χ4n) is 1.75. The van der Waals surface area contributed by atoms with E-state index in [2.05, 4.69) is 4.98 Å². The standard InChI is InChI=1S/C12H12ClFN2O2/c1-2-18-12(17)11(15)7-5-16-10-4-9(14)8(13)3-6(7)10/h3-5,11,16H,2,15H2,1H3. The third kappa shape index (κ3) is 2.19. The van der Waals surface area contributed by atoms with E-state index in [1.807, 2.05) is 0 Å². The molecule has 0 fully saturated rings. The predicted molar refractivity (Wildman–Crippen MR) is 66.8 cm³/mol. The van der Waals surface area contributed by atoms with Crippen molar-refractivity contribution >= 4 is 28.5 Å². The summed E-state index contributed by atoms with van der Waals surface area (Å²) in [4.78, 5) is 14.4. The topological polar surface area (TPSA) is 68.1 Å². The lowest BCUT2D eigenvalue weighted by molar-refractivity contribution is -0.144. The second-order valence-electron chi connectivity index (χ2n) is 3.79. The van der Waals surface area contributed by atoms with Crippen molar-refractivity contribution in [2.75, 3.05) is 6.61 Å². The van der Waals surface area contributed by atoms with Gasteiger partial charge in [0, 0.05) is 22.7 Å². The first-order valence-corrected chi connectivity index (χ1v) is 5.80. The number of nitrogens with two attached hydrogens (primary N) is 1. The number of H-pyrrole nitrogens is 1. The molecule has 0 saturated heterocycles. The van der Waals surface area contributed by atoms with Crippen molar-refractivity contribution in [3.8, 4) is 0 Å². The van der Waals surface area contributed by atoms with E-state index in [0.717, 1.165) is 0 Å². The first-order valence-electron chi connectivity index (χ1n) is 5.42. The number of carbonyl (C=O) groups is 1. The monoisotopic (exact) mass is 270 g/mol.